The van der Waals surface area contributed by atoms with Crippen molar-refractivity contribution in [3.05, 3.63) is 72.6 Å². The molecule has 0 bridgehead atoms. The highest BCUT2D eigenvalue weighted by Gasteiger charge is 2.28. The van der Waals surface area contributed by atoms with Crippen LogP contribution in [0.25, 0.3) is 5.69 Å². The Hall–Kier alpha value is -2.97. The lowest BCUT2D eigenvalue weighted by atomic mass is 10.0. The highest BCUT2D eigenvalue weighted by Crippen LogP contribution is 2.24. The van der Waals surface area contributed by atoms with Gasteiger partial charge in [-0.2, -0.15) is 9.40 Å². The maximum atomic E-state index is 12.9. The SMILES string of the molecule is C[C@@H]1CCCN(S(=O)(=O)c2ccc(NC(=O)Cc3cnn(-c4ccccc4)c3)cc2)C1. The van der Waals surface area contributed by atoms with Crippen molar-refractivity contribution in [3.63, 3.8) is 0 Å². The van der Waals surface area contributed by atoms with Crippen molar-refractivity contribution >= 4 is 21.6 Å². The lowest BCUT2D eigenvalue weighted by molar-refractivity contribution is -0.115. The third-order valence-electron chi connectivity index (χ3n) is 5.42. The van der Waals surface area contributed by atoms with Gasteiger partial charge in [-0.3, -0.25) is 4.79 Å². The standard InChI is InChI=1S/C23H26N4O3S/c1-18-6-5-13-26(16-18)31(29,30)22-11-9-20(10-12-22)25-23(28)14-19-15-24-27(17-19)21-7-3-2-4-8-21/h2-4,7-12,15,17-18H,5-6,13-14,16H2,1H3,(H,25,28)/t18-/m1/s1. The van der Waals surface area contributed by atoms with E-state index in [1.807, 2.05) is 36.5 Å². The van der Waals surface area contributed by atoms with Gasteiger partial charge in [0.15, 0.2) is 0 Å². The summed E-state index contributed by atoms with van der Waals surface area (Å²) in [6.07, 6.45) is 5.61. The number of hydrogen-bond acceptors (Lipinski definition) is 4. The second-order valence-electron chi connectivity index (χ2n) is 7.99. The molecule has 1 N–H and O–H groups in total. The van der Waals surface area contributed by atoms with Crippen LogP contribution >= 0.6 is 0 Å². The molecule has 7 nitrogen and oxygen atoms in total. The van der Waals surface area contributed by atoms with Gasteiger partial charge in [-0.05, 0) is 60.7 Å². The first-order valence-electron chi connectivity index (χ1n) is 10.4. The Morgan fingerprint density at radius 1 is 1.13 bits per heavy atom. The van der Waals surface area contributed by atoms with E-state index >= 15 is 0 Å². The number of carbonyl (C=O) groups excluding carboxylic acids is 1. The van der Waals surface area contributed by atoms with Crippen LogP contribution in [0.4, 0.5) is 5.69 Å². The smallest absolute Gasteiger partial charge is 0.243 e. The normalized spacial score (nSPS) is 17.4. The van der Waals surface area contributed by atoms with E-state index in [-0.39, 0.29) is 17.2 Å². The largest absolute Gasteiger partial charge is 0.326 e. The van der Waals surface area contributed by atoms with Crippen molar-refractivity contribution in [2.75, 3.05) is 18.4 Å². The molecule has 0 saturated carbocycles. The van der Waals surface area contributed by atoms with Crippen LogP contribution in [-0.2, 0) is 21.2 Å². The van der Waals surface area contributed by atoms with Gasteiger partial charge in [-0.1, -0.05) is 25.1 Å². The van der Waals surface area contributed by atoms with E-state index in [1.54, 1.807) is 39.4 Å². The van der Waals surface area contributed by atoms with Crippen LogP contribution < -0.4 is 5.32 Å². The number of nitrogens with zero attached hydrogens (tertiary/aromatic N) is 3. The number of rotatable bonds is 6. The second kappa shape index (κ2) is 9.03. The number of amides is 1. The molecule has 1 saturated heterocycles. The van der Waals surface area contributed by atoms with Gasteiger partial charge < -0.3 is 5.32 Å². The van der Waals surface area contributed by atoms with Gasteiger partial charge >= 0.3 is 0 Å². The summed E-state index contributed by atoms with van der Waals surface area (Å²) in [4.78, 5) is 12.7. The first-order valence-corrected chi connectivity index (χ1v) is 11.8. The number of para-hydroxylation sites is 1. The summed E-state index contributed by atoms with van der Waals surface area (Å²) in [6.45, 7) is 3.18. The first kappa shape index (κ1) is 21.3. The molecule has 1 amide bonds. The molecule has 1 aromatic heterocycles. The second-order valence-corrected chi connectivity index (χ2v) is 9.93. The summed E-state index contributed by atoms with van der Waals surface area (Å²) in [5, 5.41) is 7.12. The molecule has 0 spiro atoms. The van der Waals surface area contributed by atoms with E-state index in [0.717, 1.165) is 24.1 Å². The number of sulfonamides is 1. The van der Waals surface area contributed by atoms with Crippen molar-refractivity contribution in [1.82, 2.24) is 14.1 Å². The molecular formula is C23H26N4O3S. The predicted molar refractivity (Wildman–Crippen MR) is 119 cm³/mol. The number of hydrogen-bond donors (Lipinski definition) is 1. The quantitative estimate of drug-likeness (QED) is 0.639. The maximum absolute atomic E-state index is 12.9. The monoisotopic (exact) mass is 438 g/mol. The summed E-state index contributed by atoms with van der Waals surface area (Å²) in [5.74, 6) is 0.182. The number of aromatic nitrogens is 2. The lowest BCUT2D eigenvalue weighted by Crippen LogP contribution is -2.39. The molecule has 0 radical (unpaired) electrons. The van der Waals surface area contributed by atoms with Crippen molar-refractivity contribution in [2.45, 2.75) is 31.1 Å². The topological polar surface area (TPSA) is 84.3 Å². The highest BCUT2D eigenvalue weighted by atomic mass is 32.2. The number of nitrogens with one attached hydrogen (secondary N) is 1. The zero-order valence-corrected chi connectivity index (χ0v) is 18.3. The highest BCUT2D eigenvalue weighted by molar-refractivity contribution is 7.89. The van der Waals surface area contributed by atoms with Crippen LogP contribution in [0.15, 0.2) is 71.9 Å². The molecule has 1 fully saturated rings. The molecule has 8 heteroatoms. The van der Waals surface area contributed by atoms with E-state index < -0.39 is 10.0 Å². The van der Waals surface area contributed by atoms with E-state index in [4.69, 9.17) is 0 Å². The molecule has 2 heterocycles. The third kappa shape index (κ3) is 5.03. The van der Waals surface area contributed by atoms with Crippen LogP contribution in [0.3, 0.4) is 0 Å². The fourth-order valence-corrected chi connectivity index (χ4v) is 5.39. The Morgan fingerprint density at radius 3 is 2.58 bits per heavy atom. The average molecular weight is 439 g/mol. The van der Waals surface area contributed by atoms with E-state index in [9.17, 15) is 13.2 Å². The zero-order chi connectivity index (χ0) is 21.8. The molecule has 1 aliphatic heterocycles. The Kier molecular flexibility index (Phi) is 6.20. The van der Waals surface area contributed by atoms with Gasteiger partial charge in [0.2, 0.25) is 15.9 Å². The lowest BCUT2D eigenvalue weighted by Gasteiger charge is -2.30. The van der Waals surface area contributed by atoms with Gasteiger partial charge in [-0.15, -0.1) is 0 Å². The molecule has 162 valence electrons. The Bertz CT molecular complexity index is 1140. The first-order chi connectivity index (χ1) is 14.9. The maximum Gasteiger partial charge on any atom is 0.243 e. The minimum atomic E-state index is -3.50. The Morgan fingerprint density at radius 2 is 1.87 bits per heavy atom. The molecule has 3 aromatic rings. The fourth-order valence-electron chi connectivity index (χ4n) is 3.79. The van der Waals surface area contributed by atoms with Crippen LogP contribution in [0, 0.1) is 5.92 Å². The molecular weight excluding hydrogens is 412 g/mol. The molecule has 4 rings (SSSR count). The minimum Gasteiger partial charge on any atom is -0.326 e. The molecule has 1 aliphatic rings. The number of anilines is 1. The zero-order valence-electron chi connectivity index (χ0n) is 17.4. The van der Waals surface area contributed by atoms with E-state index in [2.05, 4.69) is 17.3 Å². The summed E-state index contributed by atoms with van der Waals surface area (Å²) < 4.78 is 29.0. The summed E-state index contributed by atoms with van der Waals surface area (Å²) in [7, 11) is -3.50. The molecule has 31 heavy (non-hydrogen) atoms. The van der Waals surface area contributed by atoms with Crippen molar-refractivity contribution < 1.29 is 13.2 Å². The van der Waals surface area contributed by atoms with Gasteiger partial charge in [0.05, 0.1) is 23.2 Å². The molecule has 0 unspecified atom stereocenters. The van der Waals surface area contributed by atoms with Crippen molar-refractivity contribution in [2.24, 2.45) is 5.92 Å². The van der Waals surface area contributed by atoms with E-state index in [1.165, 1.54) is 0 Å². The summed E-state index contributed by atoms with van der Waals surface area (Å²) in [6, 6.07) is 16.0. The van der Waals surface area contributed by atoms with E-state index in [0.29, 0.717) is 24.7 Å². The number of piperidine rings is 1. The summed E-state index contributed by atoms with van der Waals surface area (Å²) in [5.41, 5.74) is 2.28. The number of benzene rings is 2. The van der Waals surface area contributed by atoms with Crippen LogP contribution in [0.1, 0.15) is 25.3 Å². The van der Waals surface area contributed by atoms with Gasteiger partial charge in [0.1, 0.15) is 0 Å². The Labute approximate surface area is 182 Å². The van der Waals surface area contributed by atoms with Crippen molar-refractivity contribution in [3.8, 4) is 5.69 Å². The van der Waals surface area contributed by atoms with Crippen LogP contribution in [-0.4, -0.2) is 41.5 Å². The fraction of sp³-hybridized carbons (Fsp3) is 0.304. The molecule has 1 atom stereocenters. The number of carbonyl (C=O) groups is 1. The van der Waals surface area contributed by atoms with Crippen LogP contribution in [0.2, 0.25) is 0 Å². The molecule has 2 aromatic carbocycles. The van der Waals surface area contributed by atoms with Crippen molar-refractivity contribution in [1.29, 1.82) is 0 Å². The predicted octanol–water partition coefficient (Wildman–Crippen LogP) is 3.47. The molecule has 0 aliphatic carbocycles. The van der Waals surface area contributed by atoms with Gasteiger partial charge in [-0.25, -0.2) is 13.1 Å². The summed E-state index contributed by atoms with van der Waals surface area (Å²) >= 11 is 0. The van der Waals surface area contributed by atoms with Gasteiger partial charge in [0, 0.05) is 25.0 Å². The average Bonchev–Trinajstić information content (AvgIpc) is 3.23. The van der Waals surface area contributed by atoms with Gasteiger partial charge in [0.25, 0.3) is 0 Å². The Balaban J connectivity index is 1.38. The third-order valence-corrected chi connectivity index (χ3v) is 7.30. The minimum absolute atomic E-state index is 0.179. The van der Waals surface area contributed by atoms with Crippen LogP contribution in [0.5, 0.6) is 0 Å².